The van der Waals surface area contributed by atoms with Crippen molar-refractivity contribution in [2.24, 2.45) is 4.99 Å². The number of guanidine groups is 1. The van der Waals surface area contributed by atoms with Crippen molar-refractivity contribution < 1.29 is 26.7 Å². The number of alkyl halides is 5. The molecule has 28 heavy (non-hydrogen) atoms. The Morgan fingerprint density at radius 1 is 1.25 bits per heavy atom. The predicted octanol–water partition coefficient (Wildman–Crippen LogP) is 4.06. The van der Waals surface area contributed by atoms with E-state index in [1.165, 1.54) is 6.07 Å². The second-order valence-electron chi connectivity index (χ2n) is 5.48. The van der Waals surface area contributed by atoms with Crippen LogP contribution in [0.4, 0.5) is 22.0 Å². The second kappa shape index (κ2) is 10.2. The van der Waals surface area contributed by atoms with E-state index in [9.17, 15) is 22.0 Å². The lowest BCUT2D eigenvalue weighted by atomic mass is 10.2. The van der Waals surface area contributed by atoms with Gasteiger partial charge < -0.3 is 15.4 Å². The van der Waals surface area contributed by atoms with E-state index in [1.54, 1.807) is 18.2 Å². The summed E-state index contributed by atoms with van der Waals surface area (Å²) in [6.07, 6.45) is -4.16. The highest BCUT2D eigenvalue weighted by atomic mass is 32.1. The summed E-state index contributed by atoms with van der Waals surface area (Å²) in [7, 11) is 0. The molecule has 0 amide bonds. The van der Waals surface area contributed by atoms with E-state index < -0.39 is 18.5 Å². The average molecular weight is 422 g/mol. The molecule has 2 aromatic rings. The molecule has 0 bridgehead atoms. The molecular formula is C17H19F5N4OS. The summed E-state index contributed by atoms with van der Waals surface area (Å²) in [5, 5.41) is 7.30. The van der Waals surface area contributed by atoms with Crippen molar-refractivity contribution in [1.82, 2.24) is 15.6 Å². The summed E-state index contributed by atoms with van der Waals surface area (Å²) in [5.41, 5.74) is -0.418. The van der Waals surface area contributed by atoms with E-state index in [2.05, 4.69) is 25.3 Å². The van der Waals surface area contributed by atoms with Gasteiger partial charge in [-0.3, -0.25) is 0 Å². The summed E-state index contributed by atoms with van der Waals surface area (Å²) in [6, 6.07) is 6.32. The van der Waals surface area contributed by atoms with E-state index in [0.29, 0.717) is 29.6 Å². The summed E-state index contributed by atoms with van der Waals surface area (Å²) in [5.74, 6) is 0.446. The molecular weight excluding hydrogens is 403 g/mol. The highest BCUT2D eigenvalue weighted by molar-refractivity contribution is 7.09. The van der Waals surface area contributed by atoms with Crippen LogP contribution in [0.15, 0.2) is 34.6 Å². The normalized spacial score (nSPS) is 12.3. The molecule has 154 valence electrons. The molecule has 11 heteroatoms. The number of nitrogens with zero attached hydrogens (tertiary/aromatic N) is 2. The van der Waals surface area contributed by atoms with E-state index >= 15 is 0 Å². The molecule has 1 aromatic carbocycles. The maximum absolute atomic E-state index is 12.6. The van der Waals surface area contributed by atoms with Gasteiger partial charge in [0.15, 0.2) is 11.7 Å². The maximum atomic E-state index is 12.6. The van der Waals surface area contributed by atoms with Crippen LogP contribution in [0.5, 0.6) is 5.75 Å². The van der Waals surface area contributed by atoms with Gasteiger partial charge in [0.05, 0.1) is 11.6 Å². The largest absolute Gasteiger partial charge is 0.434 e. The van der Waals surface area contributed by atoms with Crippen molar-refractivity contribution in [2.75, 3.05) is 13.1 Å². The highest BCUT2D eigenvalue weighted by Gasteiger charge is 2.33. The first-order valence-corrected chi connectivity index (χ1v) is 9.24. The van der Waals surface area contributed by atoms with E-state index in [0.717, 1.165) is 16.7 Å². The average Bonchev–Trinajstić information content (AvgIpc) is 3.09. The second-order valence-corrected chi connectivity index (χ2v) is 6.43. The van der Waals surface area contributed by atoms with Crippen LogP contribution in [0.1, 0.15) is 23.2 Å². The van der Waals surface area contributed by atoms with Crippen LogP contribution in [0.25, 0.3) is 0 Å². The Bertz CT molecular complexity index is 779. The Morgan fingerprint density at radius 3 is 2.64 bits per heavy atom. The quantitative estimate of drug-likeness (QED) is 0.383. The Balaban J connectivity index is 1.95. The fraction of sp³-hybridized carbons (Fsp3) is 0.412. The van der Waals surface area contributed by atoms with Gasteiger partial charge in [-0.25, -0.2) is 9.98 Å². The number of para-hydroxylation sites is 1. The van der Waals surface area contributed by atoms with E-state index in [-0.39, 0.29) is 18.7 Å². The van der Waals surface area contributed by atoms with Gasteiger partial charge in [0.25, 0.3) is 0 Å². The molecule has 0 radical (unpaired) electrons. The molecule has 0 aliphatic rings. The molecule has 0 saturated carbocycles. The summed E-state index contributed by atoms with van der Waals surface area (Å²) >= 11 is 0.940. The zero-order valence-corrected chi connectivity index (χ0v) is 15.7. The summed E-state index contributed by atoms with van der Waals surface area (Å²) < 4.78 is 67.1. The highest BCUT2D eigenvalue weighted by Crippen LogP contribution is 2.30. The number of rotatable bonds is 8. The molecule has 1 aromatic heterocycles. The van der Waals surface area contributed by atoms with Crippen molar-refractivity contribution in [1.29, 1.82) is 0 Å². The topological polar surface area (TPSA) is 58.5 Å². The molecule has 2 rings (SSSR count). The third-order valence-electron chi connectivity index (χ3n) is 3.41. The number of ether oxygens (including phenoxy) is 1. The van der Waals surface area contributed by atoms with Gasteiger partial charge in [-0.05, 0) is 13.0 Å². The first kappa shape index (κ1) is 21.9. The lowest BCUT2D eigenvalue weighted by Gasteiger charge is -2.12. The van der Waals surface area contributed by atoms with Crippen LogP contribution < -0.4 is 15.4 Å². The minimum Gasteiger partial charge on any atom is -0.434 e. The molecule has 5 nitrogen and oxygen atoms in total. The van der Waals surface area contributed by atoms with Gasteiger partial charge >= 0.3 is 12.8 Å². The van der Waals surface area contributed by atoms with Gasteiger partial charge in [0.1, 0.15) is 5.75 Å². The number of nitrogens with one attached hydrogen (secondary N) is 2. The molecule has 0 atom stereocenters. The molecule has 0 aliphatic heterocycles. The van der Waals surface area contributed by atoms with Gasteiger partial charge in [-0.15, -0.1) is 11.3 Å². The molecule has 0 aliphatic carbocycles. The fourth-order valence-electron chi connectivity index (χ4n) is 2.20. The zero-order chi connectivity index (χ0) is 20.6. The van der Waals surface area contributed by atoms with Crippen LogP contribution >= 0.6 is 11.3 Å². The van der Waals surface area contributed by atoms with E-state index in [1.807, 2.05) is 6.92 Å². The number of halogens is 5. The monoisotopic (exact) mass is 422 g/mol. The first-order chi connectivity index (χ1) is 13.3. The van der Waals surface area contributed by atoms with Gasteiger partial charge in [0.2, 0.25) is 0 Å². The minimum absolute atomic E-state index is 0.0413. The van der Waals surface area contributed by atoms with Crippen molar-refractivity contribution in [2.45, 2.75) is 32.7 Å². The van der Waals surface area contributed by atoms with Crippen molar-refractivity contribution >= 4 is 17.3 Å². The number of benzene rings is 1. The molecule has 2 N–H and O–H groups in total. The van der Waals surface area contributed by atoms with Crippen LogP contribution in [-0.4, -0.2) is 30.6 Å². The predicted molar refractivity (Wildman–Crippen MR) is 96.7 cm³/mol. The Labute approximate surface area is 162 Å². The number of hydrogen-bond donors (Lipinski definition) is 2. The van der Waals surface area contributed by atoms with Crippen LogP contribution in [0.3, 0.4) is 0 Å². The molecule has 1 heterocycles. The summed E-state index contributed by atoms with van der Waals surface area (Å²) in [6.45, 7) is -0.131. The van der Waals surface area contributed by atoms with Gasteiger partial charge in [0, 0.05) is 30.5 Å². The van der Waals surface area contributed by atoms with Gasteiger partial charge in [-0.2, -0.15) is 22.0 Å². The van der Waals surface area contributed by atoms with E-state index in [4.69, 9.17) is 0 Å². The molecule has 0 spiro atoms. The van der Waals surface area contributed by atoms with Crippen LogP contribution in [-0.2, 0) is 19.1 Å². The fourth-order valence-corrected chi connectivity index (χ4v) is 3.00. The lowest BCUT2D eigenvalue weighted by Crippen LogP contribution is -2.38. The standard InChI is InChI=1S/C17H19F5N4OS/c1-2-23-16(24-8-7-14-26-13(10-28-14)17(20,21)22)25-9-11-5-3-4-6-12(11)27-15(18)19/h3-6,10,15H,2,7-9H2,1H3,(H2,23,24,25). The van der Waals surface area contributed by atoms with Crippen molar-refractivity contribution in [3.05, 3.63) is 45.9 Å². The summed E-state index contributed by atoms with van der Waals surface area (Å²) in [4.78, 5) is 7.86. The number of aliphatic imine (C=N–C) groups is 1. The van der Waals surface area contributed by atoms with Crippen molar-refractivity contribution in [3.63, 3.8) is 0 Å². The third kappa shape index (κ3) is 6.95. The zero-order valence-electron chi connectivity index (χ0n) is 14.9. The minimum atomic E-state index is -4.45. The first-order valence-electron chi connectivity index (χ1n) is 8.36. The Hall–Kier alpha value is -2.43. The molecule has 0 unspecified atom stereocenters. The van der Waals surface area contributed by atoms with Crippen LogP contribution in [0, 0.1) is 0 Å². The molecule has 0 saturated heterocycles. The molecule has 0 fully saturated rings. The lowest BCUT2D eigenvalue weighted by molar-refractivity contribution is -0.140. The maximum Gasteiger partial charge on any atom is 0.434 e. The number of hydrogen-bond acceptors (Lipinski definition) is 4. The Morgan fingerprint density at radius 2 is 2.00 bits per heavy atom. The third-order valence-corrected chi connectivity index (χ3v) is 4.32. The van der Waals surface area contributed by atoms with Gasteiger partial charge in [-0.1, -0.05) is 18.2 Å². The SMILES string of the molecule is CCNC(=NCc1ccccc1OC(F)F)NCCc1nc(C(F)(F)F)cs1. The van der Waals surface area contributed by atoms with Crippen LogP contribution in [0.2, 0.25) is 0 Å². The number of thiazole rings is 1. The smallest absolute Gasteiger partial charge is 0.434 e. The van der Waals surface area contributed by atoms with Crippen molar-refractivity contribution in [3.8, 4) is 5.75 Å². The Kier molecular flexibility index (Phi) is 7.97. The number of aromatic nitrogens is 1.